The summed E-state index contributed by atoms with van der Waals surface area (Å²) in [6.45, 7) is 6.64. The summed E-state index contributed by atoms with van der Waals surface area (Å²) in [5, 5.41) is 15.1. The van der Waals surface area contributed by atoms with Crippen LogP contribution >= 0.6 is 11.8 Å². The van der Waals surface area contributed by atoms with Gasteiger partial charge in [0.25, 0.3) is 0 Å². The van der Waals surface area contributed by atoms with Crippen molar-refractivity contribution in [3.63, 3.8) is 0 Å². The highest BCUT2D eigenvalue weighted by Crippen LogP contribution is 2.20. The first-order valence-electron chi connectivity index (χ1n) is 11.8. The zero-order valence-electron chi connectivity index (χ0n) is 21.2. The number of benzene rings is 1. The number of ketones is 1. The van der Waals surface area contributed by atoms with Crippen LogP contribution in [0.4, 0.5) is 4.79 Å². The molecule has 0 aliphatic carbocycles. The molecule has 36 heavy (non-hydrogen) atoms. The highest BCUT2D eigenvalue weighted by molar-refractivity contribution is 7.99. The zero-order valence-corrected chi connectivity index (χ0v) is 22.0. The number of nitrogens with one attached hydrogen (secondary N) is 2. The van der Waals surface area contributed by atoms with E-state index in [-0.39, 0.29) is 31.0 Å². The quantitative estimate of drug-likeness (QED) is 0.258. The van der Waals surface area contributed by atoms with Gasteiger partial charge in [-0.05, 0) is 30.2 Å². The second kappa shape index (κ2) is 14.3. The molecule has 0 bridgehead atoms. The molecule has 0 radical (unpaired) electrons. The van der Waals surface area contributed by atoms with Crippen LogP contribution in [0.1, 0.15) is 43.1 Å². The lowest BCUT2D eigenvalue weighted by Gasteiger charge is -2.14. The first-order chi connectivity index (χ1) is 17.1. The molecule has 0 unspecified atom stereocenters. The Morgan fingerprint density at radius 3 is 2.50 bits per heavy atom. The zero-order chi connectivity index (χ0) is 26.7. The predicted molar refractivity (Wildman–Crippen MR) is 135 cm³/mol. The van der Waals surface area contributed by atoms with Crippen LogP contribution in [0.15, 0.2) is 35.5 Å². The Kier molecular flexibility index (Phi) is 11.5. The monoisotopic (exact) mass is 519 g/mol. The van der Waals surface area contributed by atoms with E-state index in [0.717, 1.165) is 35.1 Å². The number of aliphatic carboxylic acids is 1. The van der Waals surface area contributed by atoms with Gasteiger partial charge in [0, 0.05) is 20.3 Å². The molecule has 1 aromatic carbocycles. The summed E-state index contributed by atoms with van der Waals surface area (Å²) in [5.41, 5.74) is 3.08. The van der Waals surface area contributed by atoms with E-state index in [9.17, 15) is 24.3 Å². The van der Waals surface area contributed by atoms with Gasteiger partial charge in [-0.25, -0.2) is 18.7 Å². The summed E-state index contributed by atoms with van der Waals surface area (Å²) in [6, 6.07) is 7.81. The number of carbonyl (C=O) groups is 4. The summed E-state index contributed by atoms with van der Waals surface area (Å²) >= 11 is 1.43. The number of amides is 2. The Balaban J connectivity index is 1.78. The van der Waals surface area contributed by atoms with E-state index in [2.05, 4.69) is 33.6 Å². The number of Topliss-reactive ketones (excluding diaryl/α,β-unsaturated/α-hetero) is 1. The fourth-order valence-electron chi connectivity index (χ4n) is 3.52. The predicted octanol–water partition coefficient (Wildman–Crippen LogP) is 2.28. The van der Waals surface area contributed by atoms with Crippen LogP contribution in [0, 0.1) is 13.8 Å². The lowest BCUT2D eigenvalue weighted by molar-refractivity contribution is -0.715. The van der Waals surface area contributed by atoms with Gasteiger partial charge in [-0.2, -0.15) is 0 Å². The molecule has 0 saturated heterocycles. The number of hydrogen-bond donors (Lipinski definition) is 3. The Bertz CT molecular complexity index is 1070. The van der Waals surface area contributed by atoms with E-state index in [1.807, 2.05) is 32.2 Å². The van der Waals surface area contributed by atoms with Crippen molar-refractivity contribution in [3.05, 3.63) is 47.3 Å². The summed E-state index contributed by atoms with van der Waals surface area (Å²) in [6.07, 6.45) is 0.141. The second-order valence-corrected chi connectivity index (χ2v) is 9.35. The van der Waals surface area contributed by atoms with E-state index in [0.29, 0.717) is 0 Å². The van der Waals surface area contributed by atoms with Crippen LogP contribution in [0.3, 0.4) is 0 Å². The number of ether oxygens (including phenoxy) is 1. The van der Waals surface area contributed by atoms with Gasteiger partial charge in [0.1, 0.15) is 36.4 Å². The molecule has 2 amide bonds. The maximum Gasteiger partial charge on any atom is 0.407 e. The third-order valence-electron chi connectivity index (χ3n) is 5.71. The number of carboxylic acids is 1. The number of carbonyl (C=O) groups excluding carboxylic acids is 3. The van der Waals surface area contributed by atoms with Crippen molar-refractivity contribution in [1.29, 1.82) is 0 Å². The second-order valence-electron chi connectivity index (χ2n) is 8.40. The van der Waals surface area contributed by atoms with E-state index in [1.54, 1.807) is 12.1 Å². The van der Waals surface area contributed by atoms with Gasteiger partial charge in [0.2, 0.25) is 5.91 Å². The van der Waals surface area contributed by atoms with Gasteiger partial charge in [0.15, 0.2) is 0 Å². The Hall–Kier alpha value is -3.34. The molecule has 1 heterocycles. The third-order valence-corrected chi connectivity index (χ3v) is 6.93. The number of nitrogens with zero attached hydrogens (tertiary/aromatic N) is 2. The van der Waals surface area contributed by atoms with Gasteiger partial charge >= 0.3 is 17.2 Å². The van der Waals surface area contributed by atoms with Crippen molar-refractivity contribution in [3.8, 4) is 0 Å². The fraction of sp³-hybridized carbons (Fsp3) is 0.480. The van der Waals surface area contributed by atoms with Crippen LogP contribution in [-0.4, -0.2) is 51.8 Å². The molecule has 3 N–H and O–H groups in total. The van der Waals surface area contributed by atoms with E-state index in [1.165, 1.54) is 11.8 Å². The molecule has 1 aromatic heterocycles. The van der Waals surface area contributed by atoms with E-state index < -0.39 is 30.6 Å². The lowest BCUT2D eigenvalue weighted by atomic mass is 10.1. The minimum absolute atomic E-state index is 0.00690. The Morgan fingerprint density at radius 2 is 1.86 bits per heavy atom. The number of rotatable bonds is 14. The highest BCUT2D eigenvalue weighted by atomic mass is 32.2. The van der Waals surface area contributed by atoms with Crippen molar-refractivity contribution < 1.29 is 33.6 Å². The van der Waals surface area contributed by atoms with Gasteiger partial charge < -0.3 is 20.5 Å². The van der Waals surface area contributed by atoms with Crippen molar-refractivity contribution >= 4 is 35.5 Å². The van der Waals surface area contributed by atoms with Crippen molar-refractivity contribution in [2.75, 3.05) is 12.3 Å². The van der Waals surface area contributed by atoms with E-state index in [4.69, 9.17) is 4.74 Å². The first kappa shape index (κ1) is 28.9. The summed E-state index contributed by atoms with van der Waals surface area (Å²) in [7, 11) is 1.96. The first-order valence-corrected chi connectivity index (χ1v) is 12.8. The summed E-state index contributed by atoms with van der Waals surface area (Å²) in [4.78, 5) is 48.0. The molecule has 11 heteroatoms. The largest absolute Gasteiger partial charge is 0.480 e. The molecule has 10 nitrogen and oxygen atoms in total. The minimum Gasteiger partial charge on any atom is -0.480 e. The average molecular weight is 520 g/mol. The number of hydrogen-bond acceptors (Lipinski definition) is 6. The maximum atomic E-state index is 12.5. The molecule has 0 spiro atoms. The molecule has 0 saturated carbocycles. The minimum atomic E-state index is -1.25. The molecule has 0 aliphatic heterocycles. The van der Waals surface area contributed by atoms with Crippen LogP contribution < -0.4 is 15.2 Å². The topological polar surface area (TPSA) is 131 Å². The van der Waals surface area contributed by atoms with Gasteiger partial charge in [-0.1, -0.05) is 37.3 Å². The van der Waals surface area contributed by atoms with Crippen LogP contribution in [0.25, 0.3) is 0 Å². The van der Waals surface area contributed by atoms with Crippen molar-refractivity contribution in [1.82, 2.24) is 15.2 Å². The molecule has 0 aliphatic rings. The van der Waals surface area contributed by atoms with Crippen LogP contribution in [0.5, 0.6) is 0 Å². The van der Waals surface area contributed by atoms with Crippen LogP contribution in [-0.2, 0) is 39.3 Å². The van der Waals surface area contributed by atoms with E-state index >= 15 is 0 Å². The average Bonchev–Trinajstić information content (AvgIpc) is 3.06. The van der Waals surface area contributed by atoms with Crippen molar-refractivity contribution in [2.45, 2.75) is 64.4 Å². The number of thioether (sulfide) groups is 1. The molecule has 1 atom stereocenters. The summed E-state index contributed by atoms with van der Waals surface area (Å²) < 4.78 is 9.26. The number of alkyl carbamates (subject to hydrolysis) is 1. The number of carboxylic acid groups (broad SMARTS) is 1. The molecular formula is C25H35N4O6S+. The third kappa shape index (κ3) is 8.71. The van der Waals surface area contributed by atoms with Crippen molar-refractivity contribution in [2.24, 2.45) is 7.05 Å². The lowest BCUT2D eigenvalue weighted by Crippen LogP contribution is -2.45. The SMILES string of the molecule is CCCn1c(C)c(C)[n+](C)c1SCC(=O)CC[C@H](NC(=O)CNC(=O)OCc1ccccc1)C(=O)O. The Labute approximate surface area is 215 Å². The Morgan fingerprint density at radius 1 is 1.17 bits per heavy atom. The normalized spacial score (nSPS) is 11.6. The maximum absolute atomic E-state index is 12.5. The van der Waals surface area contributed by atoms with Crippen LogP contribution in [0.2, 0.25) is 0 Å². The molecule has 196 valence electrons. The molecular weight excluding hydrogens is 484 g/mol. The van der Waals surface area contributed by atoms with Gasteiger partial charge in [-0.3, -0.25) is 9.59 Å². The standard InChI is InChI=1S/C25H34N4O6S/c1-5-13-29-18(3)17(2)28(4)25(29)36-16-20(30)11-12-21(23(32)33)27-22(31)14-26-24(34)35-15-19-9-7-6-8-10-19/h6-10,21H,5,11-16H2,1-4H3,(H2-,26,27,31,32,33,34)/p+1/t21-/m0/s1. The molecule has 2 aromatic rings. The number of imidazole rings is 1. The van der Waals surface area contributed by atoms with Gasteiger partial charge in [0.05, 0.1) is 19.3 Å². The fourth-order valence-corrected chi connectivity index (χ4v) is 4.67. The van der Waals surface area contributed by atoms with Gasteiger partial charge in [-0.15, -0.1) is 0 Å². The molecule has 0 fully saturated rings. The smallest absolute Gasteiger partial charge is 0.407 e. The molecule has 2 rings (SSSR count). The highest BCUT2D eigenvalue weighted by Gasteiger charge is 2.25. The summed E-state index contributed by atoms with van der Waals surface area (Å²) in [5.74, 6) is -1.83. The number of aromatic nitrogens is 2.